The summed E-state index contributed by atoms with van der Waals surface area (Å²) in [6.45, 7) is 3.21. The fraction of sp³-hybridized carbons (Fsp3) is 0.235. The van der Waals surface area contributed by atoms with Gasteiger partial charge in [0.25, 0.3) is 5.91 Å². The maximum atomic E-state index is 12.8. The van der Waals surface area contributed by atoms with Crippen LogP contribution in [-0.4, -0.2) is 19.1 Å². The maximum absolute atomic E-state index is 12.8. The fourth-order valence-corrected chi connectivity index (χ4v) is 2.62. The normalized spacial score (nSPS) is 13.2. The molecule has 0 atom stereocenters. The summed E-state index contributed by atoms with van der Waals surface area (Å²) < 4.78 is 5.56. The van der Waals surface area contributed by atoms with Crippen LogP contribution in [0.5, 0.6) is 5.75 Å². The number of nitrogens with zero attached hydrogens (tertiary/aromatic N) is 1. The lowest BCUT2D eigenvalue weighted by Crippen LogP contribution is -2.29. The van der Waals surface area contributed by atoms with Crippen molar-refractivity contribution in [2.24, 2.45) is 0 Å². The van der Waals surface area contributed by atoms with Gasteiger partial charge in [-0.25, -0.2) is 0 Å². The Bertz CT molecular complexity index is 636. The van der Waals surface area contributed by atoms with Crippen LogP contribution in [0.15, 0.2) is 48.5 Å². The molecule has 0 radical (unpaired) electrons. The molecular formula is C17H17NO2. The highest BCUT2D eigenvalue weighted by Crippen LogP contribution is 2.30. The highest BCUT2D eigenvalue weighted by Gasteiger charge is 2.26. The Kier molecular flexibility index (Phi) is 3.42. The van der Waals surface area contributed by atoms with Gasteiger partial charge in [0.15, 0.2) is 0 Å². The van der Waals surface area contributed by atoms with Gasteiger partial charge in [0, 0.05) is 12.2 Å². The third kappa shape index (κ3) is 2.16. The molecule has 2 aromatic rings. The van der Waals surface area contributed by atoms with Gasteiger partial charge in [-0.2, -0.15) is 0 Å². The average Bonchev–Trinajstić information content (AvgIpc) is 2.91. The summed E-state index contributed by atoms with van der Waals surface area (Å²) in [7, 11) is 0. The molecule has 0 fully saturated rings. The molecular weight excluding hydrogens is 250 g/mol. The van der Waals surface area contributed by atoms with Gasteiger partial charge in [-0.1, -0.05) is 30.3 Å². The molecule has 0 spiro atoms. The zero-order chi connectivity index (χ0) is 13.9. The van der Waals surface area contributed by atoms with Gasteiger partial charge in [0.2, 0.25) is 0 Å². The van der Waals surface area contributed by atoms with E-state index in [4.69, 9.17) is 4.74 Å². The van der Waals surface area contributed by atoms with Crippen LogP contribution in [0.2, 0.25) is 0 Å². The van der Waals surface area contributed by atoms with E-state index in [1.165, 1.54) is 5.56 Å². The zero-order valence-corrected chi connectivity index (χ0v) is 11.5. The van der Waals surface area contributed by atoms with Crippen LogP contribution in [0, 0.1) is 0 Å². The van der Waals surface area contributed by atoms with E-state index in [-0.39, 0.29) is 5.91 Å². The standard InChI is InChI=1S/C17H17NO2/c1-2-20-16-10-6-4-8-14(16)17(19)18-12-11-13-7-3-5-9-15(13)18/h3-10H,2,11-12H2,1H3. The van der Waals surface area contributed by atoms with Crippen molar-refractivity contribution in [2.75, 3.05) is 18.1 Å². The largest absolute Gasteiger partial charge is 0.493 e. The van der Waals surface area contributed by atoms with Crippen LogP contribution in [0.3, 0.4) is 0 Å². The number of anilines is 1. The van der Waals surface area contributed by atoms with Crippen LogP contribution in [0.25, 0.3) is 0 Å². The van der Waals surface area contributed by atoms with Crippen LogP contribution in [-0.2, 0) is 6.42 Å². The van der Waals surface area contributed by atoms with Crippen LogP contribution < -0.4 is 9.64 Å². The maximum Gasteiger partial charge on any atom is 0.262 e. The summed E-state index contributed by atoms with van der Waals surface area (Å²) in [6.07, 6.45) is 0.915. The highest BCUT2D eigenvalue weighted by atomic mass is 16.5. The van der Waals surface area contributed by atoms with E-state index in [2.05, 4.69) is 6.07 Å². The van der Waals surface area contributed by atoms with Gasteiger partial charge < -0.3 is 9.64 Å². The molecule has 1 heterocycles. The topological polar surface area (TPSA) is 29.5 Å². The molecule has 1 amide bonds. The van der Waals surface area contributed by atoms with Crippen molar-refractivity contribution in [3.8, 4) is 5.75 Å². The van der Waals surface area contributed by atoms with E-state index in [1.807, 2.05) is 54.3 Å². The Morgan fingerprint density at radius 3 is 2.75 bits per heavy atom. The minimum absolute atomic E-state index is 0.0130. The molecule has 20 heavy (non-hydrogen) atoms. The van der Waals surface area contributed by atoms with Gasteiger partial charge in [-0.3, -0.25) is 4.79 Å². The second kappa shape index (κ2) is 5.37. The number of rotatable bonds is 3. The number of hydrogen-bond donors (Lipinski definition) is 0. The molecule has 0 bridgehead atoms. The number of carbonyl (C=O) groups excluding carboxylic acids is 1. The summed E-state index contributed by atoms with van der Waals surface area (Å²) in [5, 5.41) is 0. The van der Waals surface area contributed by atoms with Gasteiger partial charge in [0.05, 0.1) is 12.2 Å². The SMILES string of the molecule is CCOc1ccccc1C(=O)N1CCc2ccccc21. The lowest BCUT2D eigenvalue weighted by Gasteiger charge is -2.19. The van der Waals surface area contributed by atoms with Gasteiger partial charge in [0.1, 0.15) is 5.75 Å². The molecule has 1 aliphatic heterocycles. The van der Waals surface area contributed by atoms with Crippen molar-refractivity contribution in [2.45, 2.75) is 13.3 Å². The highest BCUT2D eigenvalue weighted by molar-refractivity contribution is 6.08. The third-order valence-electron chi connectivity index (χ3n) is 3.55. The predicted octanol–water partition coefficient (Wildman–Crippen LogP) is 3.29. The van der Waals surface area contributed by atoms with E-state index >= 15 is 0 Å². The van der Waals surface area contributed by atoms with Gasteiger partial charge >= 0.3 is 0 Å². The predicted molar refractivity (Wildman–Crippen MR) is 79.4 cm³/mol. The minimum Gasteiger partial charge on any atom is -0.493 e. The van der Waals surface area contributed by atoms with Crippen molar-refractivity contribution in [1.82, 2.24) is 0 Å². The molecule has 3 nitrogen and oxygen atoms in total. The first-order valence-electron chi connectivity index (χ1n) is 6.93. The van der Waals surface area contributed by atoms with E-state index in [0.29, 0.717) is 17.9 Å². The molecule has 3 rings (SSSR count). The summed E-state index contributed by atoms with van der Waals surface area (Å²) in [5.41, 5.74) is 2.88. The molecule has 0 aliphatic carbocycles. The molecule has 2 aromatic carbocycles. The van der Waals surface area contributed by atoms with Gasteiger partial charge in [-0.15, -0.1) is 0 Å². The molecule has 1 aliphatic rings. The third-order valence-corrected chi connectivity index (χ3v) is 3.55. The van der Waals surface area contributed by atoms with Crippen molar-refractivity contribution >= 4 is 11.6 Å². The number of benzene rings is 2. The lowest BCUT2D eigenvalue weighted by atomic mass is 10.1. The Labute approximate surface area is 118 Å². The molecule has 102 valence electrons. The Hall–Kier alpha value is -2.29. The molecule has 0 unspecified atom stereocenters. The fourth-order valence-electron chi connectivity index (χ4n) is 2.62. The number of ether oxygens (including phenoxy) is 1. The van der Waals surface area contributed by atoms with E-state index in [0.717, 1.165) is 18.7 Å². The molecule has 0 N–H and O–H groups in total. The van der Waals surface area contributed by atoms with Crippen molar-refractivity contribution < 1.29 is 9.53 Å². The van der Waals surface area contributed by atoms with Gasteiger partial charge in [-0.05, 0) is 37.1 Å². The first-order valence-corrected chi connectivity index (χ1v) is 6.93. The Morgan fingerprint density at radius 1 is 1.15 bits per heavy atom. The number of carbonyl (C=O) groups is 1. The monoisotopic (exact) mass is 267 g/mol. The Balaban J connectivity index is 1.95. The zero-order valence-electron chi connectivity index (χ0n) is 11.5. The van der Waals surface area contributed by atoms with E-state index < -0.39 is 0 Å². The summed E-state index contributed by atoms with van der Waals surface area (Å²) in [5.74, 6) is 0.670. The van der Waals surface area contributed by atoms with Crippen molar-refractivity contribution in [3.63, 3.8) is 0 Å². The molecule has 0 saturated carbocycles. The quantitative estimate of drug-likeness (QED) is 0.854. The minimum atomic E-state index is 0.0130. The lowest BCUT2D eigenvalue weighted by molar-refractivity contribution is 0.0985. The average molecular weight is 267 g/mol. The summed E-state index contributed by atoms with van der Waals surface area (Å²) >= 11 is 0. The first kappa shape index (κ1) is 12.7. The molecule has 3 heteroatoms. The van der Waals surface area contributed by atoms with E-state index in [1.54, 1.807) is 0 Å². The molecule has 0 aromatic heterocycles. The van der Waals surface area contributed by atoms with Crippen molar-refractivity contribution in [3.05, 3.63) is 59.7 Å². The number of para-hydroxylation sites is 2. The number of amides is 1. The van der Waals surface area contributed by atoms with Crippen molar-refractivity contribution in [1.29, 1.82) is 0 Å². The number of hydrogen-bond acceptors (Lipinski definition) is 2. The summed E-state index contributed by atoms with van der Waals surface area (Å²) in [6, 6.07) is 15.5. The second-order valence-corrected chi connectivity index (χ2v) is 4.76. The van der Waals surface area contributed by atoms with E-state index in [9.17, 15) is 4.79 Å². The second-order valence-electron chi connectivity index (χ2n) is 4.76. The molecule has 0 saturated heterocycles. The Morgan fingerprint density at radius 2 is 1.90 bits per heavy atom. The first-order chi connectivity index (χ1) is 9.81. The number of fused-ring (bicyclic) bond motifs is 1. The smallest absolute Gasteiger partial charge is 0.262 e. The van der Waals surface area contributed by atoms with Crippen LogP contribution in [0.4, 0.5) is 5.69 Å². The van der Waals surface area contributed by atoms with Crippen LogP contribution >= 0.6 is 0 Å². The summed E-state index contributed by atoms with van der Waals surface area (Å²) in [4.78, 5) is 14.6. The van der Waals surface area contributed by atoms with Crippen LogP contribution in [0.1, 0.15) is 22.8 Å².